The summed E-state index contributed by atoms with van der Waals surface area (Å²) in [6.07, 6.45) is 0. The maximum atomic E-state index is 12.1. The minimum absolute atomic E-state index is 0.00974. The molecule has 0 saturated heterocycles. The highest BCUT2D eigenvalue weighted by Crippen LogP contribution is 2.24. The van der Waals surface area contributed by atoms with Gasteiger partial charge in [-0.1, -0.05) is 12.1 Å². The SMILES string of the molecule is CC(=O)c1ccc(OCC(=O)Nc2cccc(-c3csc(C)n3)c2)cc1. The van der Waals surface area contributed by atoms with Gasteiger partial charge in [-0.15, -0.1) is 11.3 Å². The number of anilines is 1. The molecule has 3 rings (SSSR count). The van der Waals surface area contributed by atoms with Gasteiger partial charge in [0.1, 0.15) is 5.75 Å². The van der Waals surface area contributed by atoms with Crippen LogP contribution >= 0.6 is 11.3 Å². The number of carbonyl (C=O) groups is 2. The molecule has 0 aliphatic carbocycles. The highest BCUT2D eigenvalue weighted by molar-refractivity contribution is 7.09. The number of aromatic nitrogens is 1. The van der Waals surface area contributed by atoms with Crippen molar-refractivity contribution in [2.75, 3.05) is 11.9 Å². The van der Waals surface area contributed by atoms with Gasteiger partial charge in [0.2, 0.25) is 0 Å². The van der Waals surface area contributed by atoms with Crippen LogP contribution in [0.3, 0.4) is 0 Å². The van der Waals surface area contributed by atoms with Crippen LogP contribution in [-0.4, -0.2) is 23.3 Å². The van der Waals surface area contributed by atoms with Gasteiger partial charge < -0.3 is 10.1 Å². The summed E-state index contributed by atoms with van der Waals surface area (Å²) >= 11 is 1.59. The number of Topliss-reactive ketones (excluding diaryl/α,β-unsaturated/α-hetero) is 1. The fraction of sp³-hybridized carbons (Fsp3) is 0.150. The van der Waals surface area contributed by atoms with Gasteiger partial charge in [-0.2, -0.15) is 0 Å². The van der Waals surface area contributed by atoms with E-state index in [1.54, 1.807) is 35.6 Å². The Hall–Kier alpha value is -2.99. The number of rotatable bonds is 6. The molecule has 1 N–H and O–H groups in total. The standard InChI is InChI=1S/C20H18N2O3S/c1-13(23)15-6-8-18(9-7-15)25-11-20(24)22-17-5-3-4-16(10-17)19-12-26-14(2)21-19/h3-10,12H,11H2,1-2H3,(H,22,24). The number of hydrogen-bond donors (Lipinski definition) is 1. The van der Waals surface area contributed by atoms with Gasteiger partial charge >= 0.3 is 0 Å². The smallest absolute Gasteiger partial charge is 0.262 e. The highest BCUT2D eigenvalue weighted by Gasteiger charge is 2.07. The number of aryl methyl sites for hydroxylation is 1. The average Bonchev–Trinajstić information content (AvgIpc) is 3.07. The molecular formula is C20H18N2O3S. The summed E-state index contributed by atoms with van der Waals surface area (Å²) in [7, 11) is 0. The summed E-state index contributed by atoms with van der Waals surface area (Å²) in [6, 6.07) is 14.2. The molecule has 2 aromatic carbocycles. The maximum absolute atomic E-state index is 12.1. The van der Waals surface area contributed by atoms with Crippen molar-refractivity contribution in [1.82, 2.24) is 4.98 Å². The van der Waals surface area contributed by atoms with E-state index in [2.05, 4.69) is 10.3 Å². The number of thiazole rings is 1. The number of ether oxygens (including phenoxy) is 1. The average molecular weight is 366 g/mol. The molecule has 0 spiro atoms. The van der Waals surface area contributed by atoms with E-state index in [1.165, 1.54) is 6.92 Å². The molecule has 0 atom stereocenters. The van der Waals surface area contributed by atoms with Crippen LogP contribution in [0.25, 0.3) is 11.3 Å². The first-order chi connectivity index (χ1) is 12.5. The van der Waals surface area contributed by atoms with Crippen LogP contribution in [0.4, 0.5) is 5.69 Å². The van der Waals surface area contributed by atoms with Gasteiger partial charge in [0.25, 0.3) is 5.91 Å². The molecule has 5 nitrogen and oxygen atoms in total. The lowest BCUT2D eigenvalue weighted by atomic mass is 10.1. The van der Waals surface area contributed by atoms with E-state index >= 15 is 0 Å². The highest BCUT2D eigenvalue weighted by atomic mass is 32.1. The first-order valence-corrected chi connectivity index (χ1v) is 8.95. The Labute approximate surface area is 155 Å². The zero-order chi connectivity index (χ0) is 18.5. The molecule has 1 heterocycles. The molecule has 0 unspecified atom stereocenters. The van der Waals surface area contributed by atoms with Crippen molar-refractivity contribution in [3.63, 3.8) is 0 Å². The summed E-state index contributed by atoms with van der Waals surface area (Å²) in [6.45, 7) is 3.35. The van der Waals surface area contributed by atoms with Gasteiger partial charge in [-0.3, -0.25) is 9.59 Å². The van der Waals surface area contributed by atoms with E-state index < -0.39 is 0 Å². The molecule has 132 valence electrons. The summed E-state index contributed by atoms with van der Waals surface area (Å²) in [5, 5.41) is 5.81. The van der Waals surface area contributed by atoms with Crippen LogP contribution in [0.5, 0.6) is 5.75 Å². The lowest BCUT2D eigenvalue weighted by Gasteiger charge is -2.09. The minimum Gasteiger partial charge on any atom is -0.484 e. The van der Waals surface area contributed by atoms with Crippen molar-refractivity contribution in [2.24, 2.45) is 0 Å². The van der Waals surface area contributed by atoms with E-state index in [9.17, 15) is 9.59 Å². The number of hydrogen-bond acceptors (Lipinski definition) is 5. The van der Waals surface area contributed by atoms with Crippen LogP contribution in [0.15, 0.2) is 53.9 Å². The molecule has 1 amide bonds. The fourth-order valence-corrected chi connectivity index (χ4v) is 3.01. The summed E-state index contributed by atoms with van der Waals surface area (Å²) in [4.78, 5) is 27.8. The Balaban J connectivity index is 1.59. The second-order valence-corrected chi connectivity index (χ2v) is 6.81. The van der Waals surface area contributed by atoms with Crippen LogP contribution < -0.4 is 10.1 Å². The summed E-state index contributed by atoms with van der Waals surface area (Å²) in [5.74, 6) is 0.272. The number of ketones is 1. The van der Waals surface area contributed by atoms with Crippen molar-refractivity contribution >= 4 is 28.7 Å². The third-order valence-corrected chi connectivity index (χ3v) is 4.47. The number of carbonyl (C=O) groups excluding carboxylic acids is 2. The van der Waals surface area contributed by atoms with E-state index in [0.29, 0.717) is 17.0 Å². The van der Waals surface area contributed by atoms with Crippen molar-refractivity contribution in [3.05, 3.63) is 64.5 Å². The summed E-state index contributed by atoms with van der Waals surface area (Å²) in [5.41, 5.74) is 3.14. The third-order valence-electron chi connectivity index (χ3n) is 3.69. The van der Waals surface area contributed by atoms with Crippen LogP contribution in [-0.2, 0) is 4.79 Å². The topological polar surface area (TPSA) is 68.3 Å². The Morgan fingerprint density at radius 2 is 1.92 bits per heavy atom. The van der Waals surface area contributed by atoms with Gasteiger partial charge in [-0.05, 0) is 50.2 Å². The lowest BCUT2D eigenvalue weighted by Crippen LogP contribution is -2.20. The van der Waals surface area contributed by atoms with E-state index in [-0.39, 0.29) is 18.3 Å². The third kappa shape index (κ3) is 4.55. The van der Waals surface area contributed by atoms with E-state index in [4.69, 9.17) is 4.74 Å². The fourth-order valence-electron chi connectivity index (χ4n) is 2.38. The summed E-state index contributed by atoms with van der Waals surface area (Å²) < 4.78 is 5.46. The molecule has 3 aromatic rings. The Morgan fingerprint density at radius 3 is 2.58 bits per heavy atom. The Morgan fingerprint density at radius 1 is 1.15 bits per heavy atom. The molecule has 0 aliphatic heterocycles. The van der Waals surface area contributed by atoms with Crippen molar-refractivity contribution < 1.29 is 14.3 Å². The molecular weight excluding hydrogens is 348 g/mol. The second kappa shape index (κ2) is 7.93. The van der Waals surface area contributed by atoms with Crippen LogP contribution in [0.1, 0.15) is 22.3 Å². The predicted octanol–water partition coefficient (Wildman–Crippen LogP) is 4.34. The molecule has 0 bridgehead atoms. The molecule has 26 heavy (non-hydrogen) atoms. The van der Waals surface area contributed by atoms with Crippen LogP contribution in [0.2, 0.25) is 0 Å². The number of nitrogens with zero attached hydrogens (tertiary/aromatic N) is 1. The number of amides is 1. The molecule has 0 aliphatic rings. The zero-order valence-corrected chi connectivity index (χ0v) is 15.3. The minimum atomic E-state index is -0.257. The van der Waals surface area contributed by atoms with Crippen LogP contribution in [0, 0.1) is 6.92 Å². The van der Waals surface area contributed by atoms with E-state index in [1.807, 2.05) is 36.6 Å². The van der Waals surface area contributed by atoms with Gasteiger partial charge in [0.05, 0.1) is 10.7 Å². The van der Waals surface area contributed by atoms with E-state index in [0.717, 1.165) is 16.3 Å². The molecule has 0 fully saturated rings. The molecule has 0 radical (unpaired) electrons. The largest absolute Gasteiger partial charge is 0.484 e. The van der Waals surface area contributed by atoms with Crippen molar-refractivity contribution in [1.29, 1.82) is 0 Å². The lowest BCUT2D eigenvalue weighted by molar-refractivity contribution is -0.118. The Kier molecular flexibility index (Phi) is 5.43. The quantitative estimate of drug-likeness (QED) is 0.659. The van der Waals surface area contributed by atoms with Gasteiger partial charge in [0, 0.05) is 22.2 Å². The monoisotopic (exact) mass is 366 g/mol. The first kappa shape index (κ1) is 17.8. The number of benzene rings is 2. The second-order valence-electron chi connectivity index (χ2n) is 5.75. The van der Waals surface area contributed by atoms with Gasteiger partial charge in [-0.25, -0.2) is 4.98 Å². The van der Waals surface area contributed by atoms with Gasteiger partial charge in [0.15, 0.2) is 12.4 Å². The predicted molar refractivity (Wildman–Crippen MR) is 103 cm³/mol. The molecule has 6 heteroatoms. The first-order valence-electron chi connectivity index (χ1n) is 8.07. The van der Waals surface area contributed by atoms with Crippen molar-refractivity contribution in [3.8, 4) is 17.0 Å². The zero-order valence-electron chi connectivity index (χ0n) is 14.5. The van der Waals surface area contributed by atoms with Crippen molar-refractivity contribution in [2.45, 2.75) is 13.8 Å². The molecule has 1 aromatic heterocycles. The normalized spacial score (nSPS) is 10.4. The number of nitrogens with one attached hydrogen (secondary N) is 1. The Bertz CT molecular complexity index is 932. The maximum Gasteiger partial charge on any atom is 0.262 e. The molecule has 0 saturated carbocycles.